The molecule has 0 bridgehead atoms. The van der Waals surface area contributed by atoms with Gasteiger partial charge in [-0.1, -0.05) is 42.6 Å². The number of carbonyl (C=O) groups is 1. The van der Waals surface area contributed by atoms with Gasteiger partial charge in [0.1, 0.15) is 11.7 Å². The highest BCUT2D eigenvalue weighted by atomic mass is 35.5. The van der Waals surface area contributed by atoms with Crippen molar-refractivity contribution in [3.05, 3.63) is 64.3 Å². The Bertz CT molecular complexity index is 1050. The maximum absolute atomic E-state index is 14.3. The molecule has 2 unspecified atom stereocenters. The van der Waals surface area contributed by atoms with Crippen molar-refractivity contribution in [3.8, 4) is 11.4 Å². The SMILES string of the molecule is CCCC(Nc1nnc(Cl)cc1Cl)C(=O)NC(C)c1ccc(F)c(-c2ccccn2)n1. The van der Waals surface area contributed by atoms with Crippen LogP contribution in [-0.2, 0) is 4.79 Å². The lowest BCUT2D eigenvalue weighted by Crippen LogP contribution is -2.41. The highest BCUT2D eigenvalue weighted by molar-refractivity contribution is 6.35. The van der Waals surface area contributed by atoms with E-state index in [4.69, 9.17) is 23.2 Å². The molecule has 3 aromatic rings. The predicted molar refractivity (Wildman–Crippen MR) is 118 cm³/mol. The zero-order chi connectivity index (χ0) is 22.4. The van der Waals surface area contributed by atoms with Crippen LogP contribution < -0.4 is 10.6 Å². The van der Waals surface area contributed by atoms with E-state index in [1.54, 1.807) is 31.3 Å². The molecule has 0 aliphatic carbocycles. The zero-order valence-corrected chi connectivity index (χ0v) is 18.5. The normalized spacial score (nSPS) is 12.8. The molecule has 3 heterocycles. The standard InChI is InChI=1S/C21H21Cl2FN6O/c1-3-6-17(28-20-13(22)11-18(23)29-30-20)21(31)26-12(2)15-9-8-14(24)19(27-15)16-7-4-5-10-25-16/h4-5,7-12,17H,3,6H2,1-2H3,(H,26,31)(H,28,30). The van der Waals surface area contributed by atoms with Crippen molar-refractivity contribution in [2.24, 2.45) is 0 Å². The number of carbonyl (C=O) groups excluding carboxylic acids is 1. The summed E-state index contributed by atoms with van der Waals surface area (Å²) in [5.74, 6) is -0.486. The molecule has 31 heavy (non-hydrogen) atoms. The minimum absolute atomic E-state index is 0.130. The van der Waals surface area contributed by atoms with Crippen LogP contribution in [0.15, 0.2) is 42.6 Å². The smallest absolute Gasteiger partial charge is 0.243 e. The van der Waals surface area contributed by atoms with Crippen molar-refractivity contribution in [2.45, 2.75) is 38.8 Å². The molecule has 10 heteroatoms. The molecule has 0 aliphatic rings. The predicted octanol–water partition coefficient (Wildman–Crippen LogP) is 4.84. The average Bonchev–Trinajstić information content (AvgIpc) is 2.76. The van der Waals surface area contributed by atoms with Crippen molar-refractivity contribution in [1.82, 2.24) is 25.5 Å². The summed E-state index contributed by atoms with van der Waals surface area (Å²) in [6, 6.07) is 8.41. The van der Waals surface area contributed by atoms with E-state index in [1.807, 2.05) is 6.92 Å². The van der Waals surface area contributed by atoms with Crippen molar-refractivity contribution in [2.75, 3.05) is 5.32 Å². The molecule has 7 nitrogen and oxygen atoms in total. The Hall–Kier alpha value is -2.84. The number of aromatic nitrogens is 4. The summed E-state index contributed by atoms with van der Waals surface area (Å²) >= 11 is 11.9. The van der Waals surface area contributed by atoms with E-state index in [1.165, 1.54) is 18.2 Å². The Kier molecular flexibility index (Phi) is 7.70. The van der Waals surface area contributed by atoms with Gasteiger partial charge in [0, 0.05) is 6.20 Å². The van der Waals surface area contributed by atoms with E-state index in [0.717, 1.165) is 6.42 Å². The molecule has 0 aliphatic heterocycles. The van der Waals surface area contributed by atoms with Crippen molar-refractivity contribution >= 4 is 34.9 Å². The van der Waals surface area contributed by atoms with E-state index in [-0.39, 0.29) is 27.6 Å². The second-order valence-electron chi connectivity index (χ2n) is 6.86. The molecule has 2 atom stereocenters. The van der Waals surface area contributed by atoms with Gasteiger partial charge in [0.2, 0.25) is 5.91 Å². The van der Waals surface area contributed by atoms with Gasteiger partial charge in [0.15, 0.2) is 16.8 Å². The van der Waals surface area contributed by atoms with Crippen LogP contribution in [0.5, 0.6) is 0 Å². The van der Waals surface area contributed by atoms with Gasteiger partial charge in [-0.25, -0.2) is 9.37 Å². The number of rotatable bonds is 8. The Balaban J connectivity index is 1.76. The van der Waals surface area contributed by atoms with E-state index >= 15 is 0 Å². The molecule has 0 aromatic carbocycles. The van der Waals surface area contributed by atoms with Gasteiger partial charge >= 0.3 is 0 Å². The summed E-state index contributed by atoms with van der Waals surface area (Å²) < 4.78 is 14.3. The van der Waals surface area contributed by atoms with Crippen LogP contribution in [-0.4, -0.2) is 32.1 Å². The number of anilines is 1. The lowest BCUT2D eigenvalue weighted by molar-refractivity contribution is -0.122. The molecule has 0 fully saturated rings. The summed E-state index contributed by atoms with van der Waals surface area (Å²) in [5, 5.41) is 14.0. The molecular weight excluding hydrogens is 442 g/mol. The summed E-state index contributed by atoms with van der Waals surface area (Å²) in [5.41, 5.74) is 1.06. The third-order valence-corrected chi connectivity index (χ3v) is 4.97. The summed E-state index contributed by atoms with van der Waals surface area (Å²) in [6.45, 7) is 3.74. The molecule has 3 aromatic heterocycles. The fourth-order valence-electron chi connectivity index (χ4n) is 2.94. The number of nitrogens with one attached hydrogen (secondary N) is 2. The highest BCUT2D eigenvalue weighted by Gasteiger charge is 2.22. The molecule has 3 rings (SSSR count). The van der Waals surface area contributed by atoms with E-state index < -0.39 is 17.9 Å². The Morgan fingerprint density at radius 3 is 2.68 bits per heavy atom. The monoisotopic (exact) mass is 462 g/mol. The van der Waals surface area contributed by atoms with Crippen LogP contribution in [0.25, 0.3) is 11.4 Å². The number of halogens is 3. The molecule has 0 saturated heterocycles. The number of nitrogens with zero attached hydrogens (tertiary/aromatic N) is 4. The van der Waals surface area contributed by atoms with Gasteiger partial charge in [-0.2, -0.15) is 0 Å². The van der Waals surface area contributed by atoms with Crippen LogP contribution in [0.3, 0.4) is 0 Å². The minimum atomic E-state index is -0.601. The number of amides is 1. The minimum Gasteiger partial charge on any atom is -0.356 e. The quantitative estimate of drug-likeness (QED) is 0.497. The largest absolute Gasteiger partial charge is 0.356 e. The summed E-state index contributed by atoms with van der Waals surface area (Å²) in [7, 11) is 0. The fraction of sp³-hybridized carbons (Fsp3) is 0.286. The van der Waals surface area contributed by atoms with Crippen LogP contribution in [0, 0.1) is 5.82 Å². The topological polar surface area (TPSA) is 92.7 Å². The molecule has 162 valence electrons. The first-order valence-corrected chi connectivity index (χ1v) is 10.5. The number of hydrogen-bond donors (Lipinski definition) is 2. The maximum atomic E-state index is 14.3. The Morgan fingerprint density at radius 1 is 1.19 bits per heavy atom. The third-order valence-electron chi connectivity index (χ3n) is 4.50. The Labute approximate surface area is 189 Å². The second-order valence-corrected chi connectivity index (χ2v) is 7.66. The lowest BCUT2D eigenvalue weighted by atomic mass is 10.1. The van der Waals surface area contributed by atoms with Crippen LogP contribution in [0.2, 0.25) is 10.2 Å². The molecule has 0 spiro atoms. The van der Waals surface area contributed by atoms with Crippen LogP contribution in [0.1, 0.15) is 38.4 Å². The lowest BCUT2D eigenvalue weighted by Gasteiger charge is -2.21. The first-order chi connectivity index (χ1) is 14.9. The number of pyridine rings is 2. The van der Waals surface area contributed by atoms with Crippen LogP contribution >= 0.6 is 23.2 Å². The van der Waals surface area contributed by atoms with E-state index in [0.29, 0.717) is 17.8 Å². The van der Waals surface area contributed by atoms with Gasteiger partial charge in [-0.3, -0.25) is 9.78 Å². The zero-order valence-electron chi connectivity index (χ0n) is 16.9. The number of hydrogen-bond acceptors (Lipinski definition) is 6. The van der Waals surface area contributed by atoms with Gasteiger partial charge in [0.25, 0.3) is 0 Å². The second kappa shape index (κ2) is 10.5. The van der Waals surface area contributed by atoms with E-state index in [2.05, 4.69) is 30.8 Å². The van der Waals surface area contributed by atoms with E-state index in [9.17, 15) is 9.18 Å². The van der Waals surface area contributed by atoms with Crippen molar-refractivity contribution in [1.29, 1.82) is 0 Å². The maximum Gasteiger partial charge on any atom is 0.243 e. The van der Waals surface area contributed by atoms with Crippen molar-refractivity contribution in [3.63, 3.8) is 0 Å². The molecule has 2 N–H and O–H groups in total. The molecule has 1 amide bonds. The van der Waals surface area contributed by atoms with Crippen molar-refractivity contribution < 1.29 is 9.18 Å². The van der Waals surface area contributed by atoms with Gasteiger partial charge in [0.05, 0.1) is 22.5 Å². The summed E-state index contributed by atoms with van der Waals surface area (Å²) in [4.78, 5) is 21.4. The van der Waals surface area contributed by atoms with Crippen LogP contribution in [0.4, 0.5) is 10.2 Å². The van der Waals surface area contributed by atoms with Gasteiger partial charge in [-0.15, -0.1) is 10.2 Å². The van der Waals surface area contributed by atoms with Gasteiger partial charge < -0.3 is 10.6 Å². The first kappa shape index (κ1) is 22.8. The third kappa shape index (κ3) is 5.86. The Morgan fingerprint density at radius 2 is 2.00 bits per heavy atom. The van der Waals surface area contributed by atoms with Gasteiger partial charge in [-0.05, 0) is 43.7 Å². The average molecular weight is 463 g/mol. The molecule has 0 saturated carbocycles. The molecular formula is C21H21Cl2FN6O. The highest BCUT2D eigenvalue weighted by Crippen LogP contribution is 2.23. The first-order valence-electron chi connectivity index (χ1n) is 9.72. The summed E-state index contributed by atoms with van der Waals surface area (Å²) in [6.07, 6.45) is 2.85. The molecule has 0 radical (unpaired) electrons. The fourth-order valence-corrected chi connectivity index (χ4v) is 3.33.